The first-order chi connectivity index (χ1) is 7.42. The average Bonchev–Trinajstić information content (AvgIpc) is 2.69. The highest BCUT2D eigenvalue weighted by Gasteiger charge is 2.36. The van der Waals surface area contributed by atoms with Crippen LogP contribution in [0.1, 0.15) is 32.7 Å². The van der Waals surface area contributed by atoms with Gasteiger partial charge in [0.15, 0.2) is 0 Å². The van der Waals surface area contributed by atoms with Gasteiger partial charge in [-0.3, -0.25) is 4.90 Å². The van der Waals surface area contributed by atoms with Crippen LogP contribution in [0.3, 0.4) is 0 Å². The molecule has 0 spiro atoms. The Balaban J connectivity index is 2.18. The fraction of sp³-hybridized carbons (Fsp3) is 0.750. The first-order valence-corrected chi connectivity index (χ1v) is 6.70. The summed E-state index contributed by atoms with van der Waals surface area (Å²) in [4.78, 5) is 7.00. The van der Waals surface area contributed by atoms with Crippen molar-refractivity contribution in [1.29, 1.82) is 0 Å². The minimum atomic E-state index is 0.0491. The lowest BCUT2D eigenvalue weighted by Crippen LogP contribution is -2.61. The zero-order chi connectivity index (χ0) is 11.8. The molecular formula is C12H21N3S. The number of piperazine rings is 1. The van der Waals surface area contributed by atoms with E-state index in [9.17, 15) is 0 Å². The summed E-state index contributed by atoms with van der Waals surface area (Å²) in [5.41, 5.74) is 0.250. The van der Waals surface area contributed by atoms with Gasteiger partial charge in [0.25, 0.3) is 0 Å². The van der Waals surface area contributed by atoms with Crippen molar-refractivity contribution < 1.29 is 0 Å². The summed E-state index contributed by atoms with van der Waals surface area (Å²) in [6.45, 7) is 12.3. The van der Waals surface area contributed by atoms with Gasteiger partial charge in [-0.1, -0.05) is 0 Å². The summed E-state index contributed by atoms with van der Waals surface area (Å²) < 4.78 is 0. The minimum absolute atomic E-state index is 0.0491. The molecule has 16 heavy (non-hydrogen) atoms. The Labute approximate surface area is 102 Å². The predicted molar refractivity (Wildman–Crippen MR) is 68.8 cm³/mol. The maximum atomic E-state index is 4.47. The topological polar surface area (TPSA) is 28.2 Å². The molecule has 1 N–H and O–H groups in total. The molecule has 1 aromatic heterocycles. The largest absolute Gasteiger partial charge is 0.309 e. The van der Waals surface area contributed by atoms with Crippen molar-refractivity contribution in [3.8, 4) is 0 Å². The maximum absolute atomic E-state index is 4.47. The fourth-order valence-electron chi connectivity index (χ4n) is 2.28. The molecule has 90 valence electrons. The van der Waals surface area contributed by atoms with Crippen molar-refractivity contribution >= 4 is 11.3 Å². The molecule has 0 saturated carbocycles. The van der Waals surface area contributed by atoms with Crippen LogP contribution in [-0.4, -0.2) is 35.1 Å². The van der Waals surface area contributed by atoms with Crippen molar-refractivity contribution in [2.24, 2.45) is 0 Å². The molecule has 0 unspecified atom stereocenters. The molecule has 1 aromatic rings. The zero-order valence-corrected chi connectivity index (χ0v) is 11.4. The van der Waals surface area contributed by atoms with E-state index in [4.69, 9.17) is 0 Å². The summed E-state index contributed by atoms with van der Waals surface area (Å²) in [5, 5.41) is 6.82. The van der Waals surface area contributed by atoms with E-state index in [1.807, 2.05) is 6.20 Å². The molecule has 1 fully saturated rings. The predicted octanol–water partition coefficient (Wildman–Crippen LogP) is 2.06. The summed E-state index contributed by atoms with van der Waals surface area (Å²) in [6.07, 6.45) is 1.90. The van der Waals surface area contributed by atoms with Crippen LogP contribution in [0.5, 0.6) is 0 Å². The fourth-order valence-corrected chi connectivity index (χ4v) is 3.07. The lowest BCUT2D eigenvalue weighted by Gasteiger charge is -2.46. The van der Waals surface area contributed by atoms with Crippen molar-refractivity contribution in [2.75, 3.05) is 19.6 Å². The number of nitrogens with one attached hydrogen (secondary N) is 1. The molecule has 0 bridgehead atoms. The second kappa shape index (κ2) is 4.09. The van der Waals surface area contributed by atoms with Crippen molar-refractivity contribution in [1.82, 2.24) is 15.2 Å². The standard InChI is InChI=1S/C12H21N3S/c1-11(2)9-15(7-5-14-11)12(3,4)10-13-6-8-16-10/h6,8,14H,5,7,9H2,1-4H3. The van der Waals surface area contributed by atoms with E-state index >= 15 is 0 Å². The Morgan fingerprint density at radius 1 is 1.50 bits per heavy atom. The lowest BCUT2D eigenvalue weighted by molar-refractivity contribution is 0.0558. The van der Waals surface area contributed by atoms with E-state index in [0.29, 0.717) is 0 Å². The highest BCUT2D eigenvalue weighted by atomic mass is 32.1. The van der Waals surface area contributed by atoms with E-state index in [-0.39, 0.29) is 11.1 Å². The summed E-state index contributed by atoms with van der Waals surface area (Å²) >= 11 is 1.75. The number of hydrogen-bond donors (Lipinski definition) is 1. The molecule has 0 amide bonds. The zero-order valence-electron chi connectivity index (χ0n) is 10.6. The molecule has 1 saturated heterocycles. The molecular weight excluding hydrogens is 218 g/mol. The Kier molecular flexibility index (Phi) is 3.07. The number of thiazole rings is 1. The molecule has 3 nitrogen and oxygen atoms in total. The second-order valence-electron chi connectivity index (χ2n) is 5.63. The average molecular weight is 239 g/mol. The van der Waals surface area contributed by atoms with E-state index in [1.165, 1.54) is 5.01 Å². The van der Waals surface area contributed by atoms with Crippen LogP contribution in [-0.2, 0) is 5.54 Å². The second-order valence-corrected chi connectivity index (χ2v) is 6.52. The van der Waals surface area contributed by atoms with Crippen LogP contribution in [0.4, 0.5) is 0 Å². The molecule has 0 aliphatic carbocycles. The Bertz CT molecular complexity index is 343. The summed E-state index contributed by atoms with van der Waals surface area (Å²) in [7, 11) is 0. The van der Waals surface area contributed by atoms with Gasteiger partial charge >= 0.3 is 0 Å². The van der Waals surface area contributed by atoms with Gasteiger partial charge < -0.3 is 5.32 Å². The molecule has 0 radical (unpaired) electrons. The van der Waals surface area contributed by atoms with Crippen molar-refractivity contribution in [2.45, 2.75) is 38.8 Å². The van der Waals surface area contributed by atoms with Gasteiger partial charge in [-0.05, 0) is 27.7 Å². The number of aromatic nitrogens is 1. The SMILES string of the molecule is CC1(C)CN(C(C)(C)c2nccs2)CCN1. The molecule has 0 aromatic carbocycles. The van der Waals surface area contributed by atoms with Crippen LogP contribution >= 0.6 is 11.3 Å². The van der Waals surface area contributed by atoms with Gasteiger partial charge in [-0.25, -0.2) is 4.98 Å². The van der Waals surface area contributed by atoms with Crippen LogP contribution in [0.2, 0.25) is 0 Å². The quantitative estimate of drug-likeness (QED) is 0.856. The number of rotatable bonds is 2. The Morgan fingerprint density at radius 3 is 2.81 bits per heavy atom. The molecule has 1 aliphatic rings. The molecule has 2 heterocycles. The highest BCUT2D eigenvalue weighted by molar-refractivity contribution is 7.09. The number of hydrogen-bond acceptors (Lipinski definition) is 4. The highest BCUT2D eigenvalue weighted by Crippen LogP contribution is 2.31. The monoisotopic (exact) mass is 239 g/mol. The molecule has 2 rings (SSSR count). The molecule has 1 aliphatic heterocycles. The Morgan fingerprint density at radius 2 is 2.25 bits per heavy atom. The third-order valence-corrected chi connectivity index (χ3v) is 4.40. The van der Waals surface area contributed by atoms with Gasteiger partial charge in [0.05, 0.1) is 5.54 Å². The van der Waals surface area contributed by atoms with Gasteiger partial charge in [0, 0.05) is 36.8 Å². The van der Waals surface area contributed by atoms with Gasteiger partial charge in [-0.15, -0.1) is 11.3 Å². The lowest BCUT2D eigenvalue weighted by atomic mass is 9.95. The van der Waals surface area contributed by atoms with E-state index in [2.05, 4.69) is 48.3 Å². The molecule has 4 heteroatoms. The summed E-state index contributed by atoms with van der Waals surface area (Å²) in [5.74, 6) is 0. The normalized spacial score (nSPS) is 22.2. The minimum Gasteiger partial charge on any atom is -0.309 e. The number of nitrogens with zero attached hydrogens (tertiary/aromatic N) is 2. The Hall–Kier alpha value is -0.450. The van der Waals surface area contributed by atoms with Gasteiger partial charge in [0.1, 0.15) is 5.01 Å². The van der Waals surface area contributed by atoms with Gasteiger partial charge in [0.2, 0.25) is 0 Å². The van der Waals surface area contributed by atoms with Crippen LogP contribution < -0.4 is 5.32 Å². The van der Waals surface area contributed by atoms with Crippen molar-refractivity contribution in [3.63, 3.8) is 0 Å². The van der Waals surface area contributed by atoms with Crippen LogP contribution in [0, 0.1) is 0 Å². The van der Waals surface area contributed by atoms with E-state index in [1.54, 1.807) is 11.3 Å². The first kappa shape index (κ1) is 12.0. The van der Waals surface area contributed by atoms with E-state index < -0.39 is 0 Å². The van der Waals surface area contributed by atoms with Crippen LogP contribution in [0.25, 0.3) is 0 Å². The van der Waals surface area contributed by atoms with Crippen LogP contribution in [0.15, 0.2) is 11.6 Å². The van der Waals surface area contributed by atoms with E-state index in [0.717, 1.165) is 19.6 Å². The van der Waals surface area contributed by atoms with Gasteiger partial charge in [-0.2, -0.15) is 0 Å². The summed E-state index contributed by atoms with van der Waals surface area (Å²) in [6, 6.07) is 0. The molecule has 0 atom stereocenters. The third-order valence-electron chi connectivity index (χ3n) is 3.32. The smallest absolute Gasteiger partial charge is 0.112 e. The first-order valence-electron chi connectivity index (χ1n) is 5.82. The maximum Gasteiger partial charge on any atom is 0.112 e. The third kappa shape index (κ3) is 2.29. The van der Waals surface area contributed by atoms with Crippen molar-refractivity contribution in [3.05, 3.63) is 16.6 Å².